The standard InChI is InChI=1S/C16H24N2O4/c1-13(19)18(12-16(20)17-9-11-21-2)10-8-14-6-4-5-7-15(14)22-3/h4-7H,8-12H2,1-3H3,(H,17,20). The lowest BCUT2D eigenvalue weighted by molar-refractivity contribution is -0.134. The minimum absolute atomic E-state index is 0.0498. The first kappa shape index (κ1) is 18.0. The molecule has 0 bridgehead atoms. The number of carbonyl (C=O) groups is 2. The summed E-state index contributed by atoms with van der Waals surface area (Å²) in [6, 6.07) is 7.66. The van der Waals surface area contributed by atoms with E-state index in [4.69, 9.17) is 9.47 Å². The van der Waals surface area contributed by atoms with Gasteiger partial charge in [-0.1, -0.05) is 18.2 Å². The Morgan fingerprint density at radius 2 is 1.95 bits per heavy atom. The second-order valence-corrected chi connectivity index (χ2v) is 4.85. The van der Waals surface area contributed by atoms with E-state index in [0.717, 1.165) is 11.3 Å². The van der Waals surface area contributed by atoms with Crippen LogP contribution in [0.5, 0.6) is 5.75 Å². The summed E-state index contributed by atoms with van der Waals surface area (Å²) in [5, 5.41) is 2.71. The zero-order valence-electron chi connectivity index (χ0n) is 13.4. The first-order valence-electron chi connectivity index (χ1n) is 7.21. The van der Waals surface area contributed by atoms with E-state index in [1.54, 1.807) is 14.2 Å². The van der Waals surface area contributed by atoms with Gasteiger partial charge in [0.25, 0.3) is 0 Å². The number of nitrogens with zero attached hydrogens (tertiary/aromatic N) is 1. The van der Waals surface area contributed by atoms with Gasteiger partial charge in [0.05, 0.1) is 20.3 Å². The highest BCUT2D eigenvalue weighted by atomic mass is 16.5. The molecule has 0 spiro atoms. The van der Waals surface area contributed by atoms with Gasteiger partial charge in [-0.15, -0.1) is 0 Å². The fourth-order valence-electron chi connectivity index (χ4n) is 2.03. The lowest BCUT2D eigenvalue weighted by atomic mass is 10.1. The molecule has 0 aromatic heterocycles. The van der Waals surface area contributed by atoms with Crippen LogP contribution in [0.25, 0.3) is 0 Å². The third kappa shape index (κ3) is 6.13. The fourth-order valence-corrected chi connectivity index (χ4v) is 2.03. The summed E-state index contributed by atoms with van der Waals surface area (Å²) in [5.74, 6) is 0.472. The van der Waals surface area contributed by atoms with E-state index in [1.807, 2.05) is 24.3 Å². The number of ether oxygens (including phenoxy) is 2. The van der Waals surface area contributed by atoms with Gasteiger partial charge in [-0.25, -0.2) is 0 Å². The average molecular weight is 308 g/mol. The van der Waals surface area contributed by atoms with Crippen molar-refractivity contribution in [1.82, 2.24) is 10.2 Å². The van der Waals surface area contributed by atoms with Crippen molar-refractivity contribution in [1.29, 1.82) is 0 Å². The van der Waals surface area contributed by atoms with Gasteiger partial charge in [-0.3, -0.25) is 9.59 Å². The van der Waals surface area contributed by atoms with Crippen LogP contribution in [0.15, 0.2) is 24.3 Å². The molecule has 0 aliphatic carbocycles. The van der Waals surface area contributed by atoms with E-state index in [0.29, 0.717) is 26.1 Å². The van der Waals surface area contributed by atoms with Crippen molar-refractivity contribution in [3.05, 3.63) is 29.8 Å². The molecule has 2 amide bonds. The van der Waals surface area contributed by atoms with Crippen molar-refractivity contribution in [3.8, 4) is 5.75 Å². The van der Waals surface area contributed by atoms with Crippen LogP contribution in [0.2, 0.25) is 0 Å². The molecule has 6 heteroatoms. The molecule has 1 N–H and O–H groups in total. The summed E-state index contributed by atoms with van der Waals surface area (Å²) < 4.78 is 10.2. The predicted octanol–water partition coefficient (Wildman–Crippen LogP) is 0.849. The maximum atomic E-state index is 11.8. The highest BCUT2D eigenvalue weighted by molar-refractivity contribution is 5.83. The number of para-hydroxylation sites is 1. The van der Waals surface area contributed by atoms with Gasteiger partial charge in [0, 0.05) is 27.1 Å². The first-order chi connectivity index (χ1) is 10.6. The summed E-state index contributed by atoms with van der Waals surface area (Å²) in [7, 11) is 3.19. The van der Waals surface area contributed by atoms with Crippen LogP contribution in [0, 0.1) is 0 Å². The Labute approximate surface area is 131 Å². The molecular weight excluding hydrogens is 284 g/mol. The fraction of sp³-hybridized carbons (Fsp3) is 0.500. The number of carbonyl (C=O) groups excluding carboxylic acids is 2. The number of nitrogens with one attached hydrogen (secondary N) is 1. The molecule has 1 aromatic carbocycles. The molecule has 0 aliphatic rings. The molecular formula is C16H24N2O4. The Hall–Kier alpha value is -2.08. The van der Waals surface area contributed by atoms with Crippen LogP contribution in [0.3, 0.4) is 0 Å². The van der Waals surface area contributed by atoms with Gasteiger partial charge >= 0.3 is 0 Å². The molecule has 1 rings (SSSR count). The normalized spacial score (nSPS) is 10.1. The minimum atomic E-state index is -0.188. The van der Waals surface area contributed by atoms with E-state index in [2.05, 4.69) is 5.32 Å². The highest BCUT2D eigenvalue weighted by Gasteiger charge is 2.14. The van der Waals surface area contributed by atoms with Crippen LogP contribution in [0.4, 0.5) is 0 Å². The zero-order valence-corrected chi connectivity index (χ0v) is 13.4. The van der Waals surface area contributed by atoms with Crippen molar-refractivity contribution in [3.63, 3.8) is 0 Å². The molecule has 0 aliphatic heterocycles. The molecule has 0 saturated heterocycles. The third-order valence-electron chi connectivity index (χ3n) is 3.25. The van der Waals surface area contributed by atoms with Crippen molar-refractivity contribution >= 4 is 11.8 Å². The highest BCUT2D eigenvalue weighted by Crippen LogP contribution is 2.17. The molecule has 6 nitrogen and oxygen atoms in total. The SMILES string of the molecule is COCCNC(=O)CN(CCc1ccccc1OC)C(C)=O. The van der Waals surface area contributed by atoms with Crippen LogP contribution in [-0.2, 0) is 20.7 Å². The Morgan fingerprint density at radius 1 is 1.23 bits per heavy atom. The number of amides is 2. The lowest BCUT2D eigenvalue weighted by Gasteiger charge is -2.21. The maximum absolute atomic E-state index is 11.8. The molecule has 0 atom stereocenters. The van der Waals surface area contributed by atoms with E-state index in [-0.39, 0.29) is 18.4 Å². The van der Waals surface area contributed by atoms with E-state index in [1.165, 1.54) is 11.8 Å². The lowest BCUT2D eigenvalue weighted by Crippen LogP contribution is -2.41. The summed E-state index contributed by atoms with van der Waals surface area (Å²) >= 11 is 0. The van der Waals surface area contributed by atoms with Gasteiger partial charge < -0.3 is 19.7 Å². The van der Waals surface area contributed by atoms with Crippen molar-refractivity contribution in [2.75, 3.05) is 40.5 Å². The summed E-state index contributed by atoms with van der Waals surface area (Å²) in [6.07, 6.45) is 0.634. The predicted molar refractivity (Wildman–Crippen MR) is 83.8 cm³/mol. The molecule has 0 fully saturated rings. The largest absolute Gasteiger partial charge is 0.496 e. The Kier molecular flexibility index (Phi) is 7.99. The molecule has 22 heavy (non-hydrogen) atoms. The Balaban J connectivity index is 2.54. The minimum Gasteiger partial charge on any atom is -0.496 e. The van der Waals surface area contributed by atoms with Crippen LogP contribution in [-0.4, -0.2) is 57.2 Å². The van der Waals surface area contributed by atoms with Gasteiger partial charge in [0.2, 0.25) is 11.8 Å². The number of rotatable bonds is 9. The van der Waals surface area contributed by atoms with Crippen LogP contribution < -0.4 is 10.1 Å². The average Bonchev–Trinajstić information content (AvgIpc) is 2.51. The zero-order chi connectivity index (χ0) is 16.4. The number of benzene rings is 1. The van der Waals surface area contributed by atoms with Gasteiger partial charge in [0.1, 0.15) is 5.75 Å². The third-order valence-corrected chi connectivity index (χ3v) is 3.25. The van der Waals surface area contributed by atoms with E-state index < -0.39 is 0 Å². The smallest absolute Gasteiger partial charge is 0.239 e. The molecule has 0 radical (unpaired) electrons. The van der Waals surface area contributed by atoms with Crippen LogP contribution >= 0.6 is 0 Å². The quantitative estimate of drug-likeness (QED) is 0.687. The van der Waals surface area contributed by atoms with E-state index >= 15 is 0 Å². The summed E-state index contributed by atoms with van der Waals surface area (Å²) in [5.41, 5.74) is 1.01. The number of methoxy groups -OCH3 is 2. The summed E-state index contributed by atoms with van der Waals surface area (Å²) in [6.45, 7) is 2.87. The maximum Gasteiger partial charge on any atom is 0.239 e. The number of hydrogen-bond acceptors (Lipinski definition) is 4. The molecule has 0 unspecified atom stereocenters. The molecule has 0 saturated carbocycles. The Bertz CT molecular complexity index is 491. The molecule has 122 valence electrons. The van der Waals surface area contributed by atoms with Gasteiger partial charge in [0.15, 0.2) is 0 Å². The topological polar surface area (TPSA) is 67.9 Å². The molecule has 0 heterocycles. The number of hydrogen-bond donors (Lipinski definition) is 1. The van der Waals surface area contributed by atoms with Crippen LogP contribution in [0.1, 0.15) is 12.5 Å². The van der Waals surface area contributed by atoms with E-state index in [9.17, 15) is 9.59 Å². The van der Waals surface area contributed by atoms with Crippen molar-refractivity contribution in [2.24, 2.45) is 0 Å². The second kappa shape index (κ2) is 9.78. The second-order valence-electron chi connectivity index (χ2n) is 4.85. The van der Waals surface area contributed by atoms with Crippen molar-refractivity contribution < 1.29 is 19.1 Å². The van der Waals surface area contributed by atoms with Crippen molar-refractivity contribution in [2.45, 2.75) is 13.3 Å². The monoisotopic (exact) mass is 308 g/mol. The summed E-state index contributed by atoms with van der Waals surface area (Å²) in [4.78, 5) is 25.0. The molecule has 1 aromatic rings. The Morgan fingerprint density at radius 3 is 2.59 bits per heavy atom. The van der Waals surface area contributed by atoms with Gasteiger partial charge in [-0.05, 0) is 18.1 Å². The first-order valence-corrected chi connectivity index (χ1v) is 7.21. The van der Waals surface area contributed by atoms with Gasteiger partial charge in [-0.2, -0.15) is 0 Å².